The molecule has 7 nitrogen and oxygen atoms in total. The van der Waals surface area contributed by atoms with Gasteiger partial charge in [0.2, 0.25) is 11.8 Å². The molecule has 0 N–H and O–H groups in total. The van der Waals surface area contributed by atoms with E-state index in [2.05, 4.69) is 58.7 Å². The Kier molecular flexibility index (Phi) is 6.51. The van der Waals surface area contributed by atoms with Crippen molar-refractivity contribution in [3.63, 3.8) is 0 Å². The Bertz CT molecular complexity index is 1150. The highest BCUT2D eigenvalue weighted by Gasteiger charge is 2.40. The molecule has 0 radical (unpaired) electrons. The maximum atomic E-state index is 12.8. The van der Waals surface area contributed by atoms with E-state index in [1.165, 1.54) is 11.3 Å². The van der Waals surface area contributed by atoms with Crippen molar-refractivity contribution < 1.29 is 9.59 Å². The second kappa shape index (κ2) is 9.35. The van der Waals surface area contributed by atoms with Crippen LogP contribution in [0.1, 0.15) is 35.4 Å². The molecule has 2 amide bonds. The van der Waals surface area contributed by atoms with Crippen LogP contribution in [0, 0.1) is 12.8 Å². The van der Waals surface area contributed by atoms with Crippen LogP contribution in [-0.4, -0.2) is 70.1 Å². The molecule has 0 bridgehead atoms. The third-order valence-electron chi connectivity index (χ3n) is 6.63. The Morgan fingerprint density at radius 2 is 1.76 bits per heavy atom. The highest BCUT2D eigenvalue weighted by atomic mass is 16.2. The summed E-state index contributed by atoms with van der Waals surface area (Å²) in [6, 6.07) is 14.6. The van der Waals surface area contributed by atoms with Crippen molar-refractivity contribution in [3.8, 4) is 0 Å². The van der Waals surface area contributed by atoms with Gasteiger partial charge in [-0.25, -0.2) is 4.98 Å². The molecule has 0 unspecified atom stereocenters. The molecular formula is C26H33N5O2. The molecule has 2 aromatic heterocycles. The summed E-state index contributed by atoms with van der Waals surface area (Å²) in [6.07, 6.45) is 2.06. The van der Waals surface area contributed by atoms with Crippen LogP contribution >= 0.6 is 0 Å². The average molecular weight is 448 g/mol. The number of nitrogens with zero attached hydrogens (tertiary/aromatic N) is 5. The number of amides is 2. The molecule has 174 valence electrons. The Hall–Kier alpha value is -3.19. The number of pyridine rings is 1. The number of fused-ring (bicyclic) bond motifs is 1. The van der Waals surface area contributed by atoms with Crippen LogP contribution in [0.2, 0.25) is 0 Å². The maximum Gasteiger partial charge on any atom is 0.227 e. The summed E-state index contributed by atoms with van der Waals surface area (Å²) in [7, 11) is 5.67. The van der Waals surface area contributed by atoms with Gasteiger partial charge in [0, 0.05) is 59.3 Å². The maximum absolute atomic E-state index is 12.8. The summed E-state index contributed by atoms with van der Waals surface area (Å²) in [5.41, 5.74) is 5.55. The molecule has 0 saturated carbocycles. The van der Waals surface area contributed by atoms with Crippen molar-refractivity contribution in [2.75, 3.05) is 34.2 Å². The van der Waals surface area contributed by atoms with Crippen molar-refractivity contribution in [1.82, 2.24) is 24.1 Å². The molecule has 1 aliphatic rings. The number of hydrogen-bond acceptors (Lipinski definition) is 4. The van der Waals surface area contributed by atoms with Gasteiger partial charge in [-0.1, -0.05) is 30.3 Å². The Morgan fingerprint density at radius 3 is 2.42 bits per heavy atom. The summed E-state index contributed by atoms with van der Waals surface area (Å²) in [5, 5.41) is 0. The van der Waals surface area contributed by atoms with Gasteiger partial charge in [0.05, 0.1) is 17.3 Å². The fourth-order valence-electron chi connectivity index (χ4n) is 4.83. The first-order chi connectivity index (χ1) is 15.7. The van der Waals surface area contributed by atoms with Gasteiger partial charge >= 0.3 is 0 Å². The van der Waals surface area contributed by atoms with Gasteiger partial charge in [-0.15, -0.1) is 0 Å². The van der Waals surface area contributed by atoms with Crippen LogP contribution in [0.4, 0.5) is 0 Å². The largest absolute Gasteiger partial charge is 0.349 e. The van der Waals surface area contributed by atoms with Crippen LogP contribution in [0.3, 0.4) is 0 Å². The second-order valence-electron chi connectivity index (χ2n) is 9.36. The van der Waals surface area contributed by atoms with E-state index >= 15 is 0 Å². The lowest BCUT2D eigenvalue weighted by Gasteiger charge is -2.22. The number of likely N-dealkylation sites (tertiary alicyclic amines) is 1. The molecule has 1 saturated heterocycles. The lowest BCUT2D eigenvalue weighted by Crippen LogP contribution is -2.34. The highest BCUT2D eigenvalue weighted by Crippen LogP contribution is 2.34. The summed E-state index contributed by atoms with van der Waals surface area (Å²) in [5.74, 6) is -0.0714. The standard InChI is InChI=1S/C26H33N5O2/c1-18-24(31-13-7-6-8-25(31)27-18)17-29(5)14-20-9-11-21(12-10-20)22-15-30(19(2)32)16-23(22)26(33)28(3)4/h6-13,22-23H,14-17H2,1-5H3/t22-,23+/m1/s1. The van der Waals surface area contributed by atoms with Gasteiger partial charge < -0.3 is 14.2 Å². The number of benzene rings is 1. The number of rotatable bonds is 6. The molecule has 3 aromatic rings. The summed E-state index contributed by atoms with van der Waals surface area (Å²) < 4.78 is 2.15. The normalized spacial score (nSPS) is 18.3. The van der Waals surface area contributed by atoms with Crippen LogP contribution in [0.15, 0.2) is 48.7 Å². The lowest BCUT2D eigenvalue weighted by molar-refractivity contribution is -0.133. The first-order valence-electron chi connectivity index (χ1n) is 11.4. The third kappa shape index (κ3) is 4.78. The van der Waals surface area contributed by atoms with Crippen LogP contribution in [0.5, 0.6) is 0 Å². The molecule has 0 aliphatic carbocycles. The van der Waals surface area contributed by atoms with Crippen molar-refractivity contribution >= 4 is 17.5 Å². The van der Waals surface area contributed by atoms with Gasteiger partial charge in [0.25, 0.3) is 0 Å². The van der Waals surface area contributed by atoms with Crippen LogP contribution in [0.25, 0.3) is 5.65 Å². The molecule has 1 aliphatic heterocycles. The van der Waals surface area contributed by atoms with E-state index in [-0.39, 0.29) is 23.7 Å². The molecule has 2 atom stereocenters. The summed E-state index contributed by atoms with van der Waals surface area (Å²) >= 11 is 0. The molecule has 0 spiro atoms. The highest BCUT2D eigenvalue weighted by molar-refractivity contribution is 5.82. The van der Waals surface area contributed by atoms with E-state index in [0.29, 0.717) is 13.1 Å². The van der Waals surface area contributed by atoms with Crippen molar-refractivity contribution in [2.45, 2.75) is 32.9 Å². The van der Waals surface area contributed by atoms with E-state index < -0.39 is 0 Å². The Morgan fingerprint density at radius 1 is 1.03 bits per heavy atom. The molecule has 33 heavy (non-hydrogen) atoms. The molecule has 1 aromatic carbocycles. The van der Waals surface area contributed by atoms with E-state index in [1.54, 1.807) is 30.8 Å². The molecule has 1 fully saturated rings. The molecular weight excluding hydrogens is 414 g/mol. The molecule has 3 heterocycles. The number of carbonyl (C=O) groups is 2. The first-order valence-corrected chi connectivity index (χ1v) is 11.4. The number of aryl methyl sites for hydroxylation is 1. The fourth-order valence-corrected chi connectivity index (χ4v) is 4.83. The van der Waals surface area contributed by atoms with E-state index in [0.717, 1.165) is 30.0 Å². The van der Waals surface area contributed by atoms with E-state index in [9.17, 15) is 9.59 Å². The van der Waals surface area contributed by atoms with Gasteiger partial charge in [-0.2, -0.15) is 0 Å². The third-order valence-corrected chi connectivity index (χ3v) is 6.63. The van der Waals surface area contributed by atoms with Gasteiger partial charge in [-0.3, -0.25) is 14.5 Å². The van der Waals surface area contributed by atoms with Crippen molar-refractivity contribution in [3.05, 3.63) is 71.2 Å². The SMILES string of the molecule is CC(=O)N1C[C@H](C(=O)N(C)C)[C@@H](c2ccc(CN(C)Cc3c(C)nc4ccccn34)cc2)C1. The first kappa shape index (κ1) is 23.0. The summed E-state index contributed by atoms with van der Waals surface area (Å²) in [4.78, 5) is 35.1. The van der Waals surface area contributed by atoms with Crippen molar-refractivity contribution in [2.24, 2.45) is 5.92 Å². The zero-order valence-electron chi connectivity index (χ0n) is 20.2. The molecule has 4 rings (SSSR count). The number of carbonyl (C=O) groups excluding carboxylic acids is 2. The van der Waals surface area contributed by atoms with Crippen LogP contribution < -0.4 is 0 Å². The minimum Gasteiger partial charge on any atom is -0.349 e. The minimum absolute atomic E-state index is 0.0231. The fraction of sp³-hybridized carbons (Fsp3) is 0.423. The second-order valence-corrected chi connectivity index (χ2v) is 9.36. The predicted octanol–water partition coefficient (Wildman–Crippen LogP) is 2.92. The predicted molar refractivity (Wildman–Crippen MR) is 129 cm³/mol. The Labute approximate surface area is 195 Å². The molecule has 7 heteroatoms. The Balaban J connectivity index is 1.46. The quantitative estimate of drug-likeness (QED) is 0.583. The number of aromatic nitrogens is 2. The topological polar surface area (TPSA) is 61.2 Å². The smallest absolute Gasteiger partial charge is 0.227 e. The van der Waals surface area contributed by atoms with E-state index in [4.69, 9.17) is 0 Å². The van der Waals surface area contributed by atoms with Crippen molar-refractivity contribution in [1.29, 1.82) is 0 Å². The van der Waals surface area contributed by atoms with Crippen LogP contribution in [-0.2, 0) is 22.7 Å². The minimum atomic E-state index is -0.199. The number of imidazole rings is 1. The van der Waals surface area contributed by atoms with E-state index in [1.807, 2.05) is 18.2 Å². The zero-order chi connectivity index (χ0) is 23.7. The lowest BCUT2D eigenvalue weighted by atomic mass is 9.87. The zero-order valence-corrected chi connectivity index (χ0v) is 20.2. The van der Waals surface area contributed by atoms with Gasteiger partial charge in [-0.05, 0) is 37.2 Å². The summed E-state index contributed by atoms with van der Waals surface area (Å²) in [6.45, 7) is 6.32. The monoisotopic (exact) mass is 447 g/mol. The average Bonchev–Trinajstić information content (AvgIpc) is 3.36. The van der Waals surface area contributed by atoms with Gasteiger partial charge in [0.1, 0.15) is 5.65 Å². The van der Waals surface area contributed by atoms with Gasteiger partial charge in [0.15, 0.2) is 0 Å². The number of hydrogen-bond donors (Lipinski definition) is 0.